The Morgan fingerprint density at radius 3 is 2.52 bits per heavy atom. The molecule has 3 rings (SSSR count). The third-order valence-corrected chi connectivity index (χ3v) is 5.45. The summed E-state index contributed by atoms with van der Waals surface area (Å²) in [4.78, 5) is 14.2. The predicted octanol–water partition coefficient (Wildman–Crippen LogP) is 2.93. The molecule has 3 aromatic rings. The lowest BCUT2D eigenvalue weighted by Crippen LogP contribution is -2.30. The molecule has 0 radical (unpaired) electrons. The summed E-state index contributed by atoms with van der Waals surface area (Å²) in [5.41, 5.74) is 2.24. The Morgan fingerprint density at radius 2 is 1.85 bits per heavy atom. The zero-order valence-electron chi connectivity index (χ0n) is 15.4. The Morgan fingerprint density at radius 1 is 1.11 bits per heavy atom. The van der Waals surface area contributed by atoms with Gasteiger partial charge in [-0.05, 0) is 42.8 Å². The molecule has 142 valence electrons. The highest BCUT2D eigenvalue weighted by molar-refractivity contribution is 7.90. The molecule has 0 atom stereocenters. The van der Waals surface area contributed by atoms with Crippen LogP contribution in [-0.4, -0.2) is 35.5 Å². The molecule has 0 bridgehead atoms. The first-order chi connectivity index (χ1) is 12.7. The highest BCUT2D eigenvalue weighted by Crippen LogP contribution is 2.26. The lowest BCUT2D eigenvalue weighted by molar-refractivity contribution is 0.0956. The first-order valence-corrected chi connectivity index (χ1v) is 9.62. The SMILES string of the molecule is COc1cc(C)ccc1S(=O)(=O)NC(=O)c1cc2ccc(N(C)C)cc2o1. The van der Waals surface area contributed by atoms with E-state index < -0.39 is 15.9 Å². The number of sulfonamides is 1. The van der Waals surface area contributed by atoms with Gasteiger partial charge in [-0.25, -0.2) is 13.1 Å². The molecule has 1 aromatic heterocycles. The summed E-state index contributed by atoms with van der Waals surface area (Å²) < 4.78 is 37.9. The van der Waals surface area contributed by atoms with Crippen molar-refractivity contribution in [2.24, 2.45) is 0 Å². The summed E-state index contributed by atoms with van der Waals surface area (Å²) >= 11 is 0. The van der Waals surface area contributed by atoms with Crippen molar-refractivity contribution in [3.8, 4) is 5.75 Å². The molecule has 1 N–H and O–H groups in total. The number of benzene rings is 2. The number of aryl methyl sites for hydroxylation is 1. The molecule has 0 aliphatic carbocycles. The van der Waals surface area contributed by atoms with Gasteiger partial charge in [-0.2, -0.15) is 0 Å². The summed E-state index contributed by atoms with van der Waals surface area (Å²) in [5.74, 6) is -0.772. The van der Waals surface area contributed by atoms with E-state index in [1.807, 2.05) is 42.8 Å². The van der Waals surface area contributed by atoms with Crippen molar-refractivity contribution in [3.63, 3.8) is 0 Å². The molecule has 0 saturated heterocycles. The largest absolute Gasteiger partial charge is 0.495 e. The maximum absolute atomic E-state index is 12.6. The van der Waals surface area contributed by atoms with Crippen molar-refractivity contribution in [1.82, 2.24) is 4.72 Å². The van der Waals surface area contributed by atoms with E-state index in [4.69, 9.17) is 9.15 Å². The van der Waals surface area contributed by atoms with E-state index in [1.165, 1.54) is 19.2 Å². The minimum atomic E-state index is -4.12. The van der Waals surface area contributed by atoms with Gasteiger partial charge >= 0.3 is 5.91 Å². The van der Waals surface area contributed by atoms with Crippen molar-refractivity contribution in [1.29, 1.82) is 0 Å². The molecule has 0 aliphatic heterocycles. The molecule has 0 unspecified atom stereocenters. The topological polar surface area (TPSA) is 88.8 Å². The number of carbonyl (C=O) groups is 1. The van der Waals surface area contributed by atoms with Crippen molar-refractivity contribution < 1.29 is 22.4 Å². The molecular formula is C19H20N2O5S. The first-order valence-electron chi connectivity index (χ1n) is 8.14. The van der Waals surface area contributed by atoms with Gasteiger partial charge in [-0.15, -0.1) is 0 Å². The highest BCUT2D eigenvalue weighted by Gasteiger charge is 2.24. The second-order valence-corrected chi connectivity index (χ2v) is 7.97. The average molecular weight is 388 g/mol. The fourth-order valence-electron chi connectivity index (χ4n) is 2.63. The minimum absolute atomic E-state index is 0.0874. The second-order valence-electron chi connectivity index (χ2n) is 6.32. The summed E-state index contributed by atoms with van der Waals surface area (Å²) in [6.45, 7) is 1.81. The fraction of sp³-hybridized carbons (Fsp3) is 0.211. The monoisotopic (exact) mass is 388 g/mol. The van der Waals surface area contributed by atoms with Gasteiger partial charge in [0.2, 0.25) is 0 Å². The number of methoxy groups -OCH3 is 1. The van der Waals surface area contributed by atoms with E-state index in [9.17, 15) is 13.2 Å². The fourth-order valence-corrected chi connectivity index (χ4v) is 3.74. The zero-order valence-corrected chi connectivity index (χ0v) is 16.3. The Balaban J connectivity index is 1.91. The lowest BCUT2D eigenvalue weighted by atomic mass is 10.2. The molecule has 1 heterocycles. The van der Waals surface area contributed by atoms with Crippen LogP contribution in [0, 0.1) is 6.92 Å². The van der Waals surface area contributed by atoms with Crippen LogP contribution in [0.3, 0.4) is 0 Å². The van der Waals surface area contributed by atoms with Crippen LogP contribution in [0.2, 0.25) is 0 Å². The van der Waals surface area contributed by atoms with Crippen LogP contribution < -0.4 is 14.4 Å². The van der Waals surface area contributed by atoms with Gasteiger partial charge in [-0.3, -0.25) is 4.79 Å². The molecule has 2 aromatic carbocycles. The van der Waals surface area contributed by atoms with Gasteiger partial charge in [0.25, 0.3) is 10.0 Å². The zero-order chi connectivity index (χ0) is 19.8. The smallest absolute Gasteiger partial charge is 0.300 e. The molecule has 0 fully saturated rings. The van der Waals surface area contributed by atoms with E-state index >= 15 is 0 Å². The molecule has 0 spiro atoms. The maximum Gasteiger partial charge on any atom is 0.300 e. The number of furan rings is 1. The number of fused-ring (bicyclic) bond motifs is 1. The predicted molar refractivity (Wildman–Crippen MR) is 103 cm³/mol. The Hall–Kier alpha value is -3.00. The Kier molecular flexibility index (Phi) is 4.84. The standard InChI is InChI=1S/C19H20N2O5S/c1-12-5-8-18(16(9-12)25-4)27(23,24)20-19(22)17-10-13-6-7-14(21(2)3)11-15(13)26-17/h5-11H,1-4H3,(H,20,22). The maximum atomic E-state index is 12.6. The van der Waals surface area contributed by atoms with Gasteiger partial charge in [0.1, 0.15) is 16.2 Å². The minimum Gasteiger partial charge on any atom is -0.495 e. The number of anilines is 1. The van der Waals surface area contributed by atoms with Crippen molar-refractivity contribution in [2.75, 3.05) is 26.1 Å². The van der Waals surface area contributed by atoms with E-state index in [-0.39, 0.29) is 16.4 Å². The van der Waals surface area contributed by atoms with Gasteiger partial charge < -0.3 is 14.1 Å². The number of carbonyl (C=O) groups excluding carboxylic acids is 1. The van der Waals surface area contributed by atoms with Crippen LogP contribution >= 0.6 is 0 Å². The summed E-state index contributed by atoms with van der Waals surface area (Å²) in [6.07, 6.45) is 0. The number of rotatable bonds is 5. The second kappa shape index (κ2) is 6.96. The number of nitrogens with one attached hydrogen (secondary N) is 1. The van der Waals surface area contributed by atoms with Crippen LogP contribution in [0.5, 0.6) is 5.75 Å². The van der Waals surface area contributed by atoms with Crippen LogP contribution in [-0.2, 0) is 10.0 Å². The average Bonchev–Trinajstić information content (AvgIpc) is 3.04. The third kappa shape index (κ3) is 3.75. The Labute approximate surface area is 157 Å². The lowest BCUT2D eigenvalue weighted by Gasteiger charge is -2.11. The Bertz CT molecular complexity index is 1120. The van der Waals surface area contributed by atoms with Gasteiger partial charge in [0, 0.05) is 31.2 Å². The van der Waals surface area contributed by atoms with Crippen LogP contribution in [0.15, 0.2) is 51.8 Å². The first kappa shape index (κ1) is 18.8. The van der Waals surface area contributed by atoms with Gasteiger partial charge in [0.15, 0.2) is 5.76 Å². The number of hydrogen-bond acceptors (Lipinski definition) is 6. The summed E-state index contributed by atoms with van der Waals surface area (Å²) in [6, 6.07) is 11.6. The number of hydrogen-bond donors (Lipinski definition) is 1. The van der Waals surface area contributed by atoms with Crippen molar-refractivity contribution in [3.05, 3.63) is 53.8 Å². The van der Waals surface area contributed by atoms with Crippen molar-refractivity contribution >= 4 is 32.6 Å². The molecule has 0 aliphatic rings. The van der Waals surface area contributed by atoms with Gasteiger partial charge in [-0.1, -0.05) is 6.07 Å². The molecule has 8 heteroatoms. The third-order valence-electron chi connectivity index (χ3n) is 4.08. The summed E-state index contributed by atoms with van der Waals surface area (Å²) in [7, 11) is 1.03. The van der Waals surface area contributed by atoms with Crippen LogP contribution in [0.1, 0.15) is 16.1 Å². The molecular weight excluding hydrogens is 368 g/mol. The number of amides is 1. The van der Waals surface area contributed by atoms with Crippen LogP contribution in [0.4, 0.5) is 5.69 Å². The highest BCUT2D eigenvalue weighted by atomic mass is 32.2. The molecule has 1 amide bonds. The number of nitrogens with zero attached hydrogens (tertiary/aromatic N) is 1. The van der Waals surface area contributed by atoms with E-state index in [0.717, 1.165) is 11.3 Å². The van der Waals surface area contributed by atoms with Crippen molar-refractivity contribution in [2.45, 2.75) is 11.8 Å². The summed E-state index contributed by atoms with van der Waals surface area (Å²) in [5, 5.41) is 0.705. The van der Waals surface area contributed by atoms with Crippen LogP contribution in [0.25, 0.3) is 11.0 Å². The van der Waals surface area contributed by atoms with E-state index in [2.05, 4.69) is 0 Å². The molecule has 27 heavy (non-hydrogen) atoms. The quantitative estimate of drug-likeness (QED) is 0.723. The van der Waals surface area contributed by atoms with E-state index in [0.29, 0.717) is 11.0 Å². The molecule has 0 saturated carbocycles. The van der Waals surface area contributed by atoms with Gasteiger partial charge in [0.05, 0.1) is 7.11 Å². The van der Waals surface area contributed by atoms with E-state index in [1.54, 1.807) is 18.2 Å². The normalized spacial score (nSPS) is 11.4. The number of ether oxygens (including phenoxy) is 1. The molecule has 7 nitrogen and oxygen atoms in total.